The number of aliphatic carboxylic acids is 1. The van der Waals surface area contributed by atoms with Gasteiger partial charge < -0.3 is 40.1 Å². The Balaban J connectivity index is 1.75. The first-order valence-electron chi connectivity index (χ1n) is 11.1. The molecule has 1 aliphatic rings. The van der Waals surface area contributed by atoms with Gasteiger partial charge in [0.15, 0.2) is 23.2 Å². The summed E-state index contributed by atoms with van der Waals surface area (Å²) >= 11 is 0. The van der Waals surface area contributed by atoms with Gasteiger partial charge in [0.1, 0.15) is 11.9 Å². The van der Waals surface area contributed by atoms with Crippen LogP contribution in [0, 0.1) is 6.92 Å². The van der Waals surface area contributed by atoms with Crippen LogP contribution in [0.25, 0.3) is 12.2 Å². The number of hydrogen-bond acceptors (Lipinski definition) is 10. The fourth-order valence-electron chi connectivity index (χ4n) is 3.74. The number of aliphatic hydroxyl groups excluding tert-OH is 1. The van der Waals surface area contributed by atoms with Gasteiger partial charge in [0.05, 0.1) is 6.10 Å². The summed E-state index contributed by atoms with van der Waals surface area (Å²) in [6.07, 6.45) is -1.47. The summed E-state index contributed by atoms with van der Waals surface area (Å²) in [4.78, 5) is 36.4. The number of rotatable bonds is 7. The van der Waals surface area contributed by atoms with Gasteiger partial charge in [0.2, 0.25) is 0 Å². The van der Waals surface area contributed by atoms with Crippen molar-refractivity contribution in [2.24, 2.45) is 0 Å². The summed E-state index contributed by atoms with van der Waals surface area (Å²) < 4.78 is 10.5. The highest BCUT2D eigenvalue weighted by Gasteiger charge is 2.52. The van der Waals surface area contributed by atoms with Crippen molar-refractivity contribution in [1.29, 1.82) is 0 Å². The van der Waals surface area contributed by atoms with Gasteiger partial charge in [-0.2, -0.15) is 0 Å². The van der Waals surface area contributed by atoms with Crippen molar-refractivity contribution < 1.29 is 54.5 Å². The first kappa shape index (κ1) is 27.2. The van der Waals surface area contributed by atoms with Crippen molar-refractivity contribution in [3.05, 3.63) is 65.2 Å². The van der Waals surface area contributed by atoms with Gasteiger partial charge in [-0.25, -0.2) is 14.4 Å². The van der Waals surface area contributed by atoms with Crippen LogP contribution < -0.4 is 0 Å². The van der Waals surface area contributed by atoms with Crippen LogP contribution in [0.2, 0.25) is 0 Å². The molecular formula is C26H26O11. The Bertz CT molecular complexity index is 1250. The van der Waals surface area contributed by atoms with Crippen LogP contribution in [0.15, 0.2) is 48.6 Å². The first-order valence-corrected chi connectivity index (χ1v) is 11.1. The number of carbonyl (C=O) groups excluding carboxylic acids is 2. The number of hydrogen-bond donors (Lipinski definition) is 6. The number of ether oxygens (including phenoxy) is 2. The molecule has 196 valence electrons. The van der Waals surface area contributed by atoms with Crippen LogP contribution in [-0.4, -0.2) is 72.5 Å². The quantitative estimate of drug-likeness (QED) is 0.179. The Morgan fingerprint density at radius 1 is 0.865 bits per heavy atom. The van der Waals surface area contributed by atoms with Crippen LogP contribution in [0.3, 0.4) is 0 Å². The van der Waals surface area contributed by atoms with E-state index in [1.54, 1.807) is 19.1 Å². The van der Waals surface area contributed by atoms with Gasteiger partial charge in [-0.1, -0.05) is 18.2 Å². The smallest absolute Gasteiger partial charge is 0.335 e. The van der Waals surface area contributed by atoms with Crippen LogP contribution in [0.5, 0.6) is 17.2 Å². The number of carbonyl (C=O) groups is 3. The highest BCUT2D eigenvalue weighted by Crippen LogP contribution is 2.33. The molecule has 11 heteroatoms. The molecule has 0 radical (unpaired) electrons. The minimum atomic E-state index is -2.43. The fourth-order valence-corrected chi connectivity index (χ4v) is 3.74. The Morgan fingerprint density at radius 2 is 1.43 bits per heavy atom. The van der Waals surface area contributed by atoms with E-state index in [1.807, 2.05) is 0 Å². The van der Waals surface area contributed by atoms with E-state index in [2.05, 4.69) is 0 Å². The molecule has 1 aliphatic carbocycles. The van der Waals surface area contributed by atoms with E-state index in [0.717, 1.165) is 12.2 Å². The summed E-state index contributed by atoms with van der Waals surface area (Å²) in [6, 6.07) is 8.49. The highest BCUT2D eigenvalue weighted by atomic mass is 16.6. The molecule has 4 atom stereocenters. The van der Waals surface area contributed by atoms with E-state index in [1.165, 1.54) is 36.4 Å². The number of carboxylic acid groups (broad SMARTS) is 1. The number of esters is 2. The molecule has 0 aromatic heterocycles. The number of phenolic OH excluding ortho intramolecular Hbond substituents is 3. The zero-order valence-electron chi connectivity index (χ0n) is 19.6. The molecule has 0 spiro atoms. The molecule has 1 saturated carbocycles. The van der Waals surface area contributed by atoms with Crippen LogP contribution in [0.4, 0.5) is 0 Å². The lowest BCUT2D eigenvalue weighted by atomic mass is 9.79. The molecule has 0 amide bonds. The van der Waals surface area contributed by atoms with Crippen molar-refractivity contribution >= 4 is 30.1 Å². The van der Waals surface area contributed by atoms with Gasteiger partial charge in [-0.3, -0.25) is 0 Å². The van der Waals surface area contributed by atoms with Gasteiger partial charge in [0, 0.05) is 25.0 Å². The maximum Gasteiger partial charge on any atom is 0.335 e. The normalized spacial score (nSPS) is 23.7. The topological polar surface area (TPSA) is 191 Å². The molecule has 0 aliphatic heterocycles. The average Bonchev–Trinajstić information content (AvgIpc) is 2.82. The van der Waals surface area contributed by atoms with Crippen LogP contribution >= 0.6 is 0 Å². The molecular weight excluding hydrogens is 488 g/mol. The third-order valence-corrected chi connectivity index (χ3v) is 5.81. The lowest BCUT2D eigenvalue weighted by Crippen LogP contribution is -2.58. The fraction of sp³-hybridized carbons (Fsp3) is 0.269. The van der Waals surface area contributed by atoms with Crippen molar-refractivity contribution in [3.8, 4) is 17.2 Å². The number of aryl methyl sites for hydroxylation is 1. The number of benzene rings is 2. The summed E-state index contributed by atoms with van der Waals surface area (Å²) in [6.45, 7) is 1.69. The maximum atomic E-state index is 12.4. The van der Waals surface area contributed by atoms with E-state index in [9.17, 15) is 45.0 Å². The summed E-state index contributed by atoms with van der Waals surface area (Å²) in [7, 11) is 0. The molecule has 2 aromatic rings. The predicted octanol–water partition coefficient (Wildman–Crippen LogP) is 1.63. The number of carboxylic acids is 1. The number of aliphatic hydroxyl groups is 2. The van der Waals surface area contributed by atoms with E-state index in [0.29, 0.717) is 16.7 Å². The molecule has 6 N–H and O–H groups in total. The summed E-state index contributed by atoms with van der Waals surface area (Å²) in [5, 5.41) is 59.0. The highest BCUT2D eigenvalue weighted by molar-refractivity contribution is 5.88. The van der Waals surface area contributed by atoms with Crippen LogP contribution in [0.1, 0.15) is 29.5 Å². The van der Waals surface area contributed by atoms with E-state index < -0.39 is 60.4 Å². The van der Waals surface area contributed by atoms with E-state index in [-0.39, 0.29) is 11.5 Å². The zero-order valence-corrected chi connectivity index (χ0v) is 19.6. The number of aromatic hydroxyl groups is 3. The third kappa shape index (κ3) is 6.87. The summed E-state index contributed by atoms with van der Waals surface area (Å²) in [5.74, 6) is -4.34. The molecule has 1 unspecified atom stereocenters. The second-order valence-electron chi connectivity index (χ2n) is 8.65. The van der Waals surface area contributed by atoms with E-state index in [4.69, 9.17) is 9.47 Å². The van der Waals surface area contributed by atoms with Crippen molar-refractivity contribution in [2.75, 3.05) is 0 Å². The van der Waals surface area contributed by atoms with Crippen LogP contribution in [-0.2, 0) is 23.9 Å². The van der Waals surface area contributed by atoms with Gasteiger partial charge in [-0.15, -0.1) is 0 Å². The van der Waals surface area contributed by atoms with Gasteiger partial charge in [0.25, 0.3) is 0 Å². The molecule has 0 bridgehead atoms. The second kappa shape index (κ2) is 11.1. The minimum Gasteiger partial charge on any atom is -0.508 e. The van der Waals surface area contributed by atoms with E-state index >= 15 is 0 Å². The van der Waals surface area contributed by atoms with Crippen molar-refractivity contribution in [1.82, 2.24) is 0 Å². The van der Waals surface area contributed by atoms with Crippen molar-refractivity contribution in [2.45, 2.75) is 43.7 Å². The lowest BCUT2D eigenvalue weighted by molar-refractivity contribution is -0.204. The Kier molecular flexibility index (Phi) is 8.21. The molecule has 0 saturated heterocycles. The molecule has 1 fully saturated rings. The molecule has 0 heterocycles. The monoisotopic (exact) mass is 514 g/mol. The minimum absolute atomic E-state index is 0.0139. The maximum absolute atomic E-state index is 12.4. The second-order valence-corrected chi connectivity index (χ2v) is 8.65. The van der Waals surface area contributed by atoms with Gasteiger partial charge >= 0.3 is 17.9 Å². The van der Waals surface area contributed by atoms with Gasteiger partial charge in [-0.05, 0) is 54.0 Å². The standard InChI is InChI=1S/C26H26O11/c1-14-2-3-15(10-18(14)28)5-8-22(31)36-21-13-26(35,25(33)34)12-20(30)24(21)37-23(32)9-6-16-4-7-17(27)19(29)11-16/h2-11,20-21,24,27-30,35H,12-13H2,1H3,(H,33,34)/b8-5+,9-6+/t20-,21-,24+,26?/m1/s1. The Hall–Kier alpha value is -4.35. The summed E-state index contributed by atoms with van der Waals surface area (Å²) in [5.41, 5.74) is -0.991. The lowest BCUT2D eigenvalue weighted by Gasteiger charge is -2.40. The Morgan fingerprint density at radius 3 is 2.00 bits per heavy atom. The molecule has 11 nitrogen and oxygen atoms in total. The zero-order chi connectivity index (χ0) is 27.3. The number of phenols is 3. The SMILES string of the molecule is Cc1ccc(/C=C/C(=O)O[C@@H]2CC(O)(C(=O)O)C[C@@H](O)[C@@H]2OC(=O)/C=C/c2ccc(O)c(O)c2)cc1O. The largest absolute Gasteiger partial charge is 0.508 e. The average molecular weight is 514 g/mol. The molecule has 37 heavy (non-hydrogen) atoms. The molecule has 3 rings (SSSR count). The Labute approximate surface area is 211 Å². The van der Waals surface area contributed by atoms with Crippen molar-refractivity contribution in [3.63, 3.8) is 0 Å². The first-order chi connectivity index (χ1) is 17.4. The predicted molar refractivity (Wildman–Crippen MR) is 128 cm³/mol. The third-order valence-electron chi connectivity index (χ3n) is 5.81. The molecule has 2 aromatic carbocycles.